The van der Waals surface area contributed by atoms with Crippen LogP contribution < -0.4 is 5.73 Å². The third-order valence-corrected chi connectivity index (χ3v) is 5.58. The molecule has 3 rings (SSSR count). The minimum Gasteiger partial charge on any atom is -0.459 e. The van der Waals surface area contributed by atoms with E-state index in [4.69, 9.17) is 10.2 Å². The summed E-state index contributed by atoms with van der Waals surface area (Å²) < 4.78 is 6.02. The van der Waals surface area contributed by atoms with E-state index in [0.29, 0.717) is 5.92 Å². The summed E-state index contributed by atoms with van der Waals surface area (Å²) in [6.07, 6.45) is 0. The Labute approximate surface area is 115 Å². The zero-order valence-corrected chi connectivity index (χ0v) is 12.4. The maximum Gasteiger partial charge on any atom is 0.137 e. The van der Waals surface area contributed by atoms with E-state index < -0.39 is 0 Å². The summed E-state index contributed by atoms with van der Waals surface area (Å²) in [5.74, 6) is 1.40. The number of hydrogen-bond donors (Lipinski definition) is 1. The fraction of sp³-hybridized carbons (Fsp3) is 0.529. The predicted octanol–water partition coefficient (Wildman–Crippen LogP) is 4.42. The smallest absolute Gasteiger partial charge is 0.137 e. The number of rotatable bonds is 2. The van der Waals surface area contributed by atoms with Crippen LogP contribution in [0.15, 0.2) is 28.7 Å². The molecule has 2 nitrogen and oxygen atoms in total. The number of nitrogens with two attached hydrogens (primary N) is 1. The van der Waals surface area contributed by atoms with Gasteiger partial charge in [0.25, 0.3) is 0 Å². The third-order valence-electron chi connectivity index (χ3n) is 5.58. The first-order valence-electron chi connectivity index (χ1n) is 7.01. The van der Waals surface area contributed by atoms with Crippen molar-refractivity contribution in [2.24, 2.45) is 22.5 Å². The SMILES string of the molecule is Cc1cccc2cc(C(N)C3C(C)(C)C3(C)C)oc12. The molecule has 0 spiro atoms. The van der Waals surface area contributed by atoms with E-state index in [-0.39, 0.29) is 16.9 Å². The molecule has 0 amide bonds. The molecular formula is C17H23NO. The second kappa shape index (κ2) is 3.63. The van der Waals surface area contributed by atoms with Crippen molar-refractivity contribution in [3.63, 3.8) is 0 Å². The molecule has 19 heavy (non-hydrogen) atoms. The molecule has 1 unspecified atom stereocenters. The van der Waals surface area contributed by atoms with Crippen LogP contribution >= 0.6 is 0 Å². The first kappa shape index (κ1) is 12.7. The van der Waals surface area contributed by atoms with Gasteiger partial charge in [-0.05, 0) is 35.3 Å². The summed E-state index contributed by atoms with van der Waals surface area (Å²) in [6, 6.07) is 8.32. The fourth-order valence-electron chi connectivity index (χ4n) is 3.70. The predicted molar refractivity (Wildman–Crippen MR) is 78.9 cm³/mol. The topological polar surface area (TPSA) is 39.2 Å². The molecule has 2 aromatic rings. The van der Waals surface area contributed by atoms with E-state index in [0.717, 1.165) is 16.7 Å². The van der Waals surface area contributed by atoms with Crippen molar-refractivity contribution in [2.75, 3.05) is 0 Å². The maximum atomic E-state index is 6.47. The molecule has 1 aliphatic carbocycles. The van der Waals surface area contributed by atoms with E-state index in [1.165, 1.54) is 5.56 Å². The lowest BCUT2D eigenvalue weighted by atomic mass is 10.0. The van der Waals surface area contributed by atoms with Gasteiger partial charge in [-0.15, -0.1) is 0 Å². The first-order valence-corrected chi connectivity index (χ1v) is 7.01. The second-order valence-corrected chi connectivity index (χ2v) is 7.09. The Kier molecular flexibility index (Phi) is 2.44. The molecule has 0 saturated heterocycles. The van der Waals surface area contributed by atoms with E-state index in [9.17, 15) is 0 Å². The number of para-hydroxylation sites is 1. The molecule has 1 aromatic heterocycles. The summed E-state index contributed by atoms with van der Waals surface area (Å²) in [6.45, 7) is 11.3. The van der Waals surface area contributed by atoms with Gasteiger partial charge >= 0.3 is 0 Å². The van der Waals surface area contributed by atoms with Crippen molar-refractivity contribution in [3.05, 3.63) is 35.6 Å². The number of benzene rings is 1. The lowest BCUT2D eigenvalue weighted by Gasteiger charge is -2.10. The zero-order valence-electron chi connectivity index (χ0n) is 12.4. The molecule has 0 bridgehead atoms. The normalized spacial score (nSPS) is 22.6. The average Bonchev–Trinajstić information content (AvgIpc) is 2.67. The summed E-state index contributed by atoms with van der Waals surface area (Å²) in [5.41, 5.74) is 9.18. The molecule has 1 aromatic carbocycles. The van der Waals surface area contributed by atoms with Crippen LogP contribution in [-0.4, -0.2) is 0 Å². The van der Waals surface area contributed by atoms with Gasteiger partial charge in [0.1, 0.15) is 11.3 Å². The van der Waals surface area contributed by atoms with Gasteiger partial charge in [-0.1, -0.05) is 45.9 Å². The first-order chi connectivity index (χ1) is 8.76. The summed E-state index contributed by atoms with van der Waals surface area (Å²) in [5, 5.41) is 1.15. The Morgan fingerprint density at radius 3 is 2.32 bits per heavy atom. The summed E-state index contributed by atoms with van der Waals surface area (Å²) in [7, 11) is 0. The van der Waals surface area contributed by atoms with Crippen molar-refractivity contribution in [2.45, 2.75) is 40.7 Å². The van der Waals surface area contributed by atoms with Crippen LogP contribution in [0, 0.1) is 23.7 Å². The van der Waals surface area contributed by atoms with E-state index >= 15 is 0 Å². The van der Waals surface area contributed by atoms with E-state index in [1.807, 2.05) is 0 Å². The Morgan fingerprint density at radius 2 is 1.79 bits per heavy atom. The van der Waals surface area contributed by atoms with Crippen LogP contribution in [0.5, 0.6) is 0 Å². The van der Waals surface area contributed by atoms with Crippen molar-refractivity contribution in [1.29, 1.82) is 0 Å². The molecule has 1 fully saturated rings. The van der Waals surface area contributed by atoms with Crippen molar-refractivity contribution >= 4 is 11.0 Å². The summed E-state index contributed by atoms with van der Waals surface area (Å²) >= 11 is 0. The van der Waals surface area contributed by atoms with Crippen molar-refractivity contribution in [3.8, 4) is 0 Å². The Hall–Kier alpha value is -1.28. The van der Waals surface area contributed by atoms with Crippen LogP contribution in [0.2, 0.25) is 0 Å². The highest BCUT2D eigenvalue weighted by molar-refractivity contribution is 5.81. The zero-order chi connectivity index (χ0) is 14.0. The molecule has 2 N–H and O–H groups in total. The number of furan rings is 1. The monoisotopic (exact) mass is 257 g/mol. The third kappa shape index (κ3) is 1.59. The molecule has 0 aliphatic heterocycles. The second-order valence-electron chi connectivity index (χ2n) is 7.09. The molecule has 0 radical (unpaired) electrons. The molecule has 1 atom stereocenters. The van der Waals surface area contributed by atoms with Gasteiger partial charge in [0.15, 0.2) is 0 Å². The number of hydrogen-bond acceptors (Lipinski definition) is 2. The van der Waals surface area contributed by atoms with E-state index in [2.05, 4.69) is 58.9 Å². The number of aryl methyl sites for hydroxylation is 1. The molecule has 2 heteroatoms. The van der Waals surface area contributed by atoms with Gasteiger partial charge in [0.2, 0.25) is 0 Å². The van der Waals surface area contributed by atoms with Crippen LogP contribution in [0.1, 0.15) is 45.1 Å². The minimum atomic E-state index is -0.0169. The lowest BCUT2D eigenvalue weighted by Crippen LogP contribution is -2.15. The standard InChI is InChI=1S/C17H23NO/c1-10-7-6-8-11-9-12(19-14(10)11)13(18)15-16(2,3)17(15,4)5/h6-9,13,15H,18H2,1-5H3. The Balaban J connectivity index is 2.00. The quantitative estimate of drug-likeness (QED) is 0.864. The van der Waals surface area contributed by atoms with Crippen LogP contribution in [-0.2, 0) is 0 Å². The van der Waals surface area contributed by atoms with E-state index in [1.54, 1.807) is 0 Å². The number of fused-ring (bicyclic) bond motifs is 1. The highest BCUT2D eigenvalue weighted by Crippen LogP contribution is 2.71. The molecule has 1 aliphatic rings. The summed E-state index contributed by atoms with van der Waals surface area (Å²) in [4.78, 5) is 0. The highest BCUT2D eigenvalue weighted by atomic mass is 16.3. The van der Waals surface area contributed by atoms with Gasteiger partial charge in [-0.25, -0.2) is 0 Å². The Morgan fingerprint density at radius 1 is 1.16 bits per heavy atom. The molecular weight excluding hydrogens is 234 g/mol. The fourth-order valence-corrected chi connectivity index (χ4v) is 3.70. The van der Waals surface area contributed by atoms with Gasteiger partial charge < -0.3 is 10.2 Å². The molecule has 1 heterocycles. The van der Waals surface area contributed by atoms with Gasteiger partial charge in [-0.3, -0.25) is 0 Å². The lowest BCUT2D eigenvalue weighted by molar-refractivity contribution is 0.415. The minimum absolute atomic E-state index is 0.0169. The van der Waals surface area contributed by atoms with Crippen LogP contribution in [0.25, 0.3) is 11.0 Å². The van der Waals surface area contributed by atoms with Gasteiger partial charge in [0, 0.05) is 5.39 Å². The van der Waals surface area contributed by atoms with Gasteiger partial charge in [-0.2, -0.15) is 0 Å². The molecule has 1 saturated carbocycles. The van der Waals surface area contributed by atoms with Gasteiger partial charge in [0.05, 0.1) is 6.04 Å². The van der Waals surface area contributed by atoms with Crippen molar-refractivity contribution in [1.82, 2.24) is 0 Å². The van der Waals surface area contributed by atoms with Crippen molar-refractivity contribution < 1.29 is 4.42 Å². The maximum absolute atomic E-state index is 6.47. The highest BCUT2D eigenvalue weighted by Gasteiger charge is 2.67. The average molecular weight is 257 g/mol. The van der Waals surface area contributed by atoms with Crippen LogP contribution in [0.3, 0.4) is 0 Å². The molecule has 102 valence electrons. The largest absolute Gasteiger partial charge is 0.459 e. The Bertz CT molecular complexity index is 622. The van der Waals surface area contributed by atoms with Crippen LogP contribution in [0.4, 0.5) is 0 Å².